The number of rotatable bonds is 9. The number of ether oxygens (including phenoxy) is 2. The van der Waals surface area contributed by atoms with Crippen LogP contribution in [0.5, 0.6) is 0 Å². The van der Waals surface area contributed by atoms with Gasteiger partial charge in [-0.05, 0) is 19.4 Å². The Hall–Kier alpha value is -0.160. The third kappa shape index (κ3) is 5.65. The van der Waals surface area contributed by atoms with Gasteiger partial charge in [0.1, 0.15) is 0 Å². The minimum absolute atomic E-state index is 0.531. The Kier molecular flexibility index (Phi) is 7.82. The summed E-state index contributed by atoms with van der Waals surface area (Å²) in [5, 5.41) is 3.46. The zero-order valence-corrected chi connectivity index (χ0v) is 12.4. The topological polar surface area (TPSA) is 33.7 Å². The van der Waals surface area contributed by atoms with Crippen LogP contribution in [0, 0.1) is 11.8 Å². The highest BCUT2D eigenvalue weighted by Crippen LogP contribution is 2.17. The molecule has 0 aromatic heterocycles. The van der Waals surface area contributed by atoms with Gasteiger partial charge in [0.15, 0.2) is 0 Å². The molecule has 0 aliphatic carbocycles. The van der Waals surface area contributed by atoms with Crippen LogP contribution in [0.4, 0.5) is 0 Å². The summed E-state index contributed by atoms with van der Waals surface area (Å²) in [7, 11) is 3.83. The molecule has 0 aromatic carbocycles. The van der Waals surface area contributed by atoms with E-state index < -0.39 is 0 Å². The summed E-state index contributed by atoms with van der Waals surface area (Å²) < 4.78 is 10.7. The first-order valence-electron chi connectivity index (χ1n) is 7.13. The first kappa shape index (κ1) is 15.9. The molecule has 0 spiro atoms. The van der Waals surface area contributed by atoms with E-state index in [2.05, 4.69) is 31.1 Å². The van der Waals surface area contributed by atoms with Crippen LogP contribution in [-0.4, -0.2) is 64.6 Å². The normalized spacial score (nSPS) is 22.0. The molecule has 1 heterocycles. The molecule has 0 bridgehead atoms. The lowest BCUT2D eigenvalue weighted by molar-refractivity contribution is 0.120. The van der Waals surface area contributed by atoms with Gasteiger partial charge in [0.25, 0.3) is 0 Å². The summed E-state index contributed by atoms with van der Waals surface area (Å²) in [5.74, 6) is 1.35. The molecule has 1 aliphatic rings. The predicted molar refractivity (Wildman–Crippen MR) is 74.9 cm³/mol. The van der Waals surface area contributed by atoms with E-state index in [0.29, 0.717) is 17.9 Å². The third-order valence-corrected chi connectivity index (χ3v) is 3.59. The molecule has 18 heavy (non-hydrogen) atoms. The van der Waals surface area contributed by atoms with Gasteiger partial charge in [-0.15, -0.1) is 0 Å². The summed E-state index contributed by atoms with van der Waals surface area (Å²) in [6, 6.07) is 0.531. The second-order valence-electron chi connectivity index (χ2n) is 5.67. The Labute approximate surface area is 112 Å². The van der Waals surface area contributed by atoms with Crippen molar-refractivity contribution < 1.29 is 9.47 Å². The van der Waals surface area contributed by atoms with Gasteiger partial charge in [0.2, 0.25) is 0 Å². The van der Waals surface area contributed by atoms with Crippen molar-refractivity contribution in [2.24, 2.45) is 11.8 Å². The van der Waals surface area contributed by atoms with Crippen molar-refractivity contribution >= 4 is 0 Å². The van der Waals surface area contributed by atoms with Gasteiger partial charge in [0.05, 0.1) is 13.2 Å². The van der Waals surface area contributed by atoms with Crippen LogP contribution >= 0.6 is 0 Å². The lowest BCUT2D eigenvalue weighted by Gasteiger charge is -2.31. The highest BCUT2D eigenvalue weighted by Gasteiger charge is 2.26. The number of nitrogens with zero attached hydrogens (tertiary/aromatic N) is 1. The van der Waals surface area contributed by atoms with Crippen LogP contribution < -0.4 is 5.32 Å². The predicted octanol–water partition coefficient (Wildman–Crippen LogP) is 1.22. The van der Waals surface area contributed by atoms with Crippen LogP contribution in [0.2, 0.25) is 0 Å². The monoisotopic (exact) mass is 258 g/mol. The Bertz CT molecular complexity index is 206. The lowest BCUT2D eigenvalue weighted by Crippen LogP contribution is -2.46. The molecule has 4 heteroatoms. The van der Waals surface area contributed by atoms with E-state index in [1.165, 1.54) is 6.42 Å². The molecule has 0 aromatic rings. The first-order chi connectivity index (χ1) is 8.67. The quantitative estimate of drug-likeness (QED) is 0.674. The molecule has 1 aliphatic heterocycles. The second kappa shape index (κ2) is 8.86. The number of likely N-dealkylation sites (N-methyl/N-ethyl adjacent to an activating group) is 1. The molecule has 2 unspecified atom stereocenters. The van der Waals surface area contributed by atoms with Gasteiger partial charge in [-0.1, -0.05) is 13.8 Å². The van der Waals surface area contributed by atoms with Crippen molar-refractivity contribution in [2.45, 2.75) is 26.3 Å². The molecule has 0 saturated carbocycles. The fourth-order valence-electron chi connectivity index (χ4n) is 2.62. The standard InChI is InChI=1S/C14H30N2O2/c1-12(2)9-16(6-8-17-4)10-14(15-3)13-5-7-18-11-13/h12-15H,5-11H2,1-4H3. The summed E-state index contributed by atoms with van der Waals surface area (Å²) in [6.07, 6.45) is 1.19. The Morgan fingerprint density at radius 2 is 2.17 bits per heavy atom. The van der Waals surface area contributed by atoms with Crippen LogP contribution in [-0.2, 0) is 9.47 Å². The minimum Gasteiger partial charge on any atom is -0.383 e. The molecule has 4 nitrogen and oxygen atoms in total. The molecule has 1 fully saturated rings. The fourth-order valence-corrected chi connectivity index (χ4v) is 2.62. The molecule has 1 rings (SSSR count). The summed E-state index contributed by atoms with van der Waals surface area (Å²) in [6.45, 7) is 10.4. The number of hydrogen-bond donors (Lipinski definition) is 1. The molecular weight excluding hydrogens is 228 g/mol. The number of nitrogens with one attached hydrogen (secondary N) is 1. The van der Waals surface area contributed by atoms with E-state index in [4.69, 9.17) is 9.47 Å². The SMILES string of the molecule is CNC(CN(CCOC)CC(C)C)C1CCOC1. The maximum atomic E-state index is 5.50. The zero-order chi connectivity index (χ0) is 13.4. The van der Waals surface area contributed by atoms with Crippen LogP contribution in [0.15, 0.2) is 0 Å². The van der Waals surface area contributed by atoms with Crippen molar-refractivity contribution in [3.63, 3.8) is 0 Å². The Morgan fingerprint density at radius 3 is 2.67 bits per heavy atom. The van der Waals surface area contributed by atoms with E-state index in [-0.39, 0.29) is 0 Å². The van der Waals surface area contributed by atoms with E-state index in [1.54, 1.807) is 7.11 Å². The highest BCUT2D eigenvalue weighted by molar-refractivity contribution is 4.81. The summed E-state index contributed by atoms with van der Waals surface area (Å²) in [5.41, 5.74) is 0. The van der Waals surface area contributed by atoms with E-state index in [0.717, 1.165) is 39.5 Å². The fraction of sp³-hybridized carbons (Fsp3) is 1.00. The van der Waals surface area contributed by atoms with Gasteiger partial charge < -0.3 is 14.8 Å². The van der Waals surface area contributed by atoms with Crippen LogP contribution in [0.25, 0.3) is 0 Å². The minimum atomic E-state index is 0.531. The molecule has 2 atom stereocenters. The molecular formula is C14H30N2O2. The second-order valence-corrected chi connectivity index (χ2v) is 5.67. The van der Waals surface area contributed by atoms with Gasteiger partial charge in [-0.3, -0.25) is 4.90 Å². The maximum absolute atomic E-state index is 5.50. The zero-order valence-electron chi connectivity index (χ0n) is 12.4. The molecule has 0 radical (unpaired) electrons. The van der Waals surface area contributed by atoms with E-state index in [9.17, 15) is 0 Å². The van der Waals surface area contributed by atoms with Crippen molar-refractivity contribution in [3.05, 3.63) is 0 Å². The van der Waals surface area contributed by atoms with Crippen LogP contribution in [0.3, 0.4) is 0 Å². The van der Waals surface area contributed by atoms with Crippen LogP contribution in [0.1, 0.15) is 20.3 Å². The van der Waals surface area contributed by atoms with Gasteiger partial charge in [0, 0.05) is 45.3 Å². The Balaban J connectivity index is 2.44. The van der Waals surface area contributed by atoms with Gasteiger partial charge in [-0.25, -0.2) is 0 Å². The first-order valence-corrected chi connectivity index (χ1v) is 7.13. The third-order valence-electron chi connectivity index (χ3n) is 3.59. The van der Waals surface area contributed by atoms with E-state index in [1.807, 2.05) is 0 Å². The van der Waals surface area contributed by atoms with Crippen molar-refractivity contribution in [1.29, 1.82) is 0 Å². The molecule has 0 amide bonds. The highest BCUT2D eigenvalue weighted by atomic mass is 16.5. The summed E-state index contributed by atoms with van der Waals surface area (Å²) >= 11 is 0. The smallest absolute Gasteiger partial charge is 0.0589 e. The average molecular weight is 258 g/mol. The van der Waals surface area contributed by atoms with E-state index >= 15 is 0 Å². The largest absolute Gasteiger partial charge is 0.383 e. The molecule has 1 N–H and O–H groups in total. The average Bonchev–Trinajstić information content (AvgIpc) is 2.85. The molecule has 108 valence electrons. The van der Waals surface area contributed by atoms with Gasteiger partial charge >= 0.3 is 0 Å². The molecule has 1 saturated heterocycles. The number of hydrogen-bond acceptors (Lipinski definition) is 4. The van der Waals surface area contributed by atoms with Gasteiger partial charge in [-0.2, -0.15) is 0 Å². The lowest BCUT2D eigenvalue weighted by atomic mass is 9.98. The van der Waals surface area contributed by atoms with Crippen molar-refractivity contribution in [3.8, 4) is 0 Å². The van der Waals surface area contributed by atoms with Crippen molar-refractivity contribution in [1.82, 2.24) is 10.2 Å². The maximum Gasteiger partial charge on any atom is 0.0589 e. The van der Waals surface area contributed by atoms with Crippen molar-refractivity contribution in [2.75, 3.05) is 53.6 Å². The Morgan fingerprint density at radius 1 is 1.39 bits per heavy atom. The summed E-state index contributed by atoms with van der Waals surface area (Å²) in [4.78, 5) is 2.51. The number of methoxy groups -OCH3 is 1.